The van der Waals surface area contributed by atoms with Crippen LogP contribution >= 0.6 is 0 Å². The SMILES string of the molecule is O=C(O)C1(C(=O)NC2CCOC2c2ccccc2)CC1. The molecule has 0 bridgehead atoms. The Morgan fingerprint density at radius 1 is 1.25 bits per heavy atom. The number of rotatable bonds is 4. The summed E-state index contributed by atoms with van der Waals surface area (Å²) in [4.78, 5) is 23.3. The Morgan fingerprint density at radius 2 is 1.95 bits per heavy atom. The van der Waals surface area contributed by atoms with Gasteiger partial charge in [0.1, 0.15) is 11.5 Å². The van der Waals surface area contributed by atoms with E-state index in [0.717, 1.165) is 5.56 Å². The Balaban J connectivity index is 1.71. The van der Waals surface area contributed by atoms with E-state index in [4.69, 9.17) is 9.84 Å². The summed E-state index contributed by atoms with van der Waals surface area (Å²) in [6.07, 6.45) is 1.38. The maximum absolute atomic E-state index is 12.2. The molecular weight excluding hydrogens is 258 g/mol. The van der Waals surface area contributed by atoms with Crippen LogP contribution in [-0.4, -0.2) is 29.6 Å². The predicted octanol–water partition coefficient (Wildman–Crippen LogP) is 1.50. The zero-order valence-corrected chi connectivity index (χ0v) is 11.0. The van der Waals surface area contributed by atoms with Gasteiger partial charge in [-0.1, -0.05) is 30.3 Å². The monoisotopic (exact) mass is 275 g/mol. The Bertz CT molecular complexity index is 524. The topological polar surface area (TPSA) is 75.6 Å². The van der Waals surface area contributed by atoms with Gasteiger partial charge in [-0.15, -0.1) is 0 Å². The molecule has 1 aromatic rings. The molecule has 2 fully saturated rings. The Morgan fingerprint density at radius 3 is 2.55 bits per heavy atom. The van der Waals surface area contributed by atoms with Crippen LogP contribution in [-0.2, 0) is 14.3 Å². The van der Waals surface area contributed by atoms with E-state index in [1.165, 1.54) is 0 Å². The molecule has 5 nitrogen and oxygen atoms in total. The first-order valence-electron chi connectivity index (χ1n) is 6.84. The van der Waals surface area contributed by atoms with Crippen LogP contribution in [0.4, 0.5) is 0 Å². The lowest BCUT2D eigenvalue weighted by molar-refractivity contribution is -0.149. The van der Waals surface area contributed by atoms with E-state index in [0.29, 0.717) is 25.9 Å². The molecule has 0 radical (unpaired) electrons. The van der Waals surface area contributed by atoms with Crippen LogP contribution in [0.5, 0.6) is 0 Å². The second-order valence-electron chi connectivity index (χ2n) is 5.46. The van der Waals surface area contributed by atoms with Crippen molar-refractivity contribution in [2.75, 3.05) is 6.61 Å². The first kappa shape index (κ1) is 13.1. The zero-order valence-electron chi connectivity index (χ0n) is 11.0. The van der Waals surface area contributed by atoms with Gasteiger partial charge in [0.2, 0.25) is 5.91 Å². The lowest BCUT2D eigenvalue weighted by Gasteiger charge is -2.22. The molecule has 1 amide bonds. The van der Waals surface area contributed by atoms with Crippen molar-refractivity contribution in [2.24, 2.45) is 5.41 Å². The molecule has 0 aromatic heterocycles. The van der Waals surface area contributed by atoms with E-state index in [1.54, 1.807) is 0 Å². The highest BCUT2D eigenvalue weighted by molar-refractivity contribution is 6.04. The number of nitrogens with one attached hydrogen (secondary N) is 1. The number of benzene rings is 1. The number of amides is 1. The number of ether oxygens (including phenoxy) is 1. The van der Waals surface area contributed by atoms with Crippen LogP contribution in [0.3, 0.4) is 0 Å². The normalized spacial score (nSPS) is 27.0. The first-order chi connectivity index (χ1) is 9.63. The van der Waals surface area contributed by atoms with Crippen molar-refractivity contribution in [3.63, 3.8) is 0 Å². The highest BCUT2D eigenvalue weighted by Gasteiger charge is 2.57. The Hall–Kier alpha value is -1.88. The van der Waals surface area contributed by atoms with Gasteiger partial charge in [-0.05, 0) is 24.8 Å². The molecule has 1 saturated carbocycles. The van der Waals surface area contributed by atoms with E-state index in [2.05, 4.69) is 5.32 Å². The molecule has 106 valence electrons. The van der Waals surface area contributed by atoms with Gasteiger partial charge >= 0.3 is 5.97 Å². The van der Waals surface area contributed by atoms with Crippen LogP contribution in [0.1, 0.15) is 30.9 Å². The maximum Gasteiger partial charge on any atom is 0.319 e. The van der Waals surface area contributed by atoms with E-state index in [-0.39, 0.29) is 18.1 Å². The summed E-state index contributed by atoms with van der Waals surface area (Å²) in [6, 6.07) is 9.54. The van der Waals surface area contributed by atoms with Crippen LogP contribution in [0.25, 0.3) is 0 Å². The van der Waals surface area contributed by atoms with Crippen molar-refractivity contribution in [2.45, 2.75) is 31.4 Å². The average molecular weight is 275 g/mol. The molecule has 2 atom stereocenters. The fraction of sp³-hybridized carbons (Fsp3) is 0.467. The molecule has 5 heteroatoms. The smallest absolute Gasteiger partial charge is 0.319 e. The molecule has 3 rings (SSSR count). The highest BCUT2D eigenvalue weighted by Crippen LogP contribution is 2.46. The number of carbonyl (C=O) groups excluding carboxylic acids is 1. The van der Waals surface area contributed by atoms with Crippen molar-refractivity contribution in [3.8, 4) is 0 Å². The van der Waals surface area contributed by atoms with Gasteiger partial charge in [0.05, 0.1) is 6.04 Å². The largest absolute Gasteiger partial charge is 0.480 e. The van der Waals surface area contributed by atoms with Gasteiger partial charge in [0.15, 0.2) is 0 Å². The van der Waals surface area contributed by atoms with E-state index >= 15 is 0 Å². The third kappa shape index (κ3) is 2.18. The maximum atomic E-state index is 12.2. The van der Waals surface area contributed by atoms with Gasteiger partial charge in [0.25, 0.3) is 0 Å². The Labute approximate surface area is 116 Å². The van der Waals surface area contributed by atoms with Crippen LogP contribution in [0, 0.1) is 5.41 Å². The highest BCUT2D eigenvalue weighted by atomic mass is 16.5. The Kier molecular flexibility index (Phi) is 3.22. The van der Waals surface area contributed by atoms with Crippen molar-refractivity contribution in [1.29, 1.82) is 0 Å². The average Bonchev–Trinajstić information content (AvgIpc) is 3.15. The lowest BCUT2D eigenvalue weighted by Crippen LogP contribution is -2.43. The molecule has 2 aliphatic rings. The van der Waals surface area contributed by atoms with E-state index in [1.807, 2.05) is 30.3 Å². The van der Waals surface area contributed by atoms with Crippen LogP contribution < -0.4 is 5.32 Å². The van der Waals surface area contributed by atoms with Crippen molar-refractivity contribution in [3.05, 3.63) is 35.9 Å². The number of carboxylic acids is 1. The molecule has 2 unspecified atom stereocenters. The predicted molar refractivity (Wildman–Crippen MR) is 71.0 cm³/mol. The van der Waals surface area contributed by atoms with Crippen LogP contribution in [0.15, 0.2) is 30.3 Å². The van der Waals surface area contributed by atoms with Gasteiger partial charge in [-0.25, -0.2) is 0 Å². The van der Waals surface area contributed by atoms with Crippen LogP contribution in [0.2, 0.25) is 0 Å². The van der Waals surface area contributed by atoms with Gasteiger partial charge < -0.3 is 15.2 Å². The zero-order chi connectivity index (χ0) is 14.2. The van der Waals surface area contributed by atoms with Gasteiger partial charge in [-0.3, -0.25) is 9.59 Å². The number of carboxylic acid groups (broad SMARTS) is 1. The summed E-state index contributed by atoms with van der Waals surface area (Å²) in [5.41, 5.74) is -0.181. The summed E-state index contributed by atoms with van der Waals surface area (Å²) in [5, 5.41) is 12.0. The van der Waals surface area contributed by atoms with E-state index < -0.39 is 11.4 Å². The summed E-state index contributed by atoms with van der Waals surface area (Å²) in [6.45, 7) is 0.574. The number of hydrogen-bond acceptors (Lipinski definition) is 3. The van der Waals surface area contributed by atoms with Crippen molar-refractivity contribution >= 4 is 11.9 Å². The second kappa shape index (κ2) is 4.90. The molecule has 1 aromatic carbocycles. The minimum Gasteiger partial charge on any atom is -0.480 e. The fourth-order valence-corrected chi connectivity index (χ4v) is 2.68. The number of aliphatic carboxylic acids is 1. The van der Waals surface area contributed by atoms with Crippen molar-refractivity contribution < 1.29 is 19.4 Å². The molecular formula is C15H17NO4. The minimum atomic E-state index is -1.19. The molecule has 2 N–H and O–H groups in total. The third-order valence-electron chi connectivity index (χ3n) is 4.13. The lowest BCUT2D eigenvalue weighted by atomic mass is 10.00. The number of carbonyl (C=O) groups is 2. The summed E-state index contributed by atoms with van der Waals surface area (Å²) < 4.78 is 5.68. The van der Waals surface area contributed by atoms with E-state index in [9.17, 15) is 9.59 Å². The molecule has 20 heavy (non-hydrogen) atoms. The minimum absolute atomic E-state index is 0.151. The van der Waals surface area contributed by atoms with Crippen molar-refractivity contribution in [1.82, 2.24) is 5.32 Å². The molecule has 1 aliphatic carbocycles. The molecule has 0 spiro atoms. The third-order valence-corrected chi connectivity index (χ3v) is 4.13. The van der Waals surface area contributed by atoms with Gasteiger partial charge in [-0.2, -0.15) is 0 Å². The number of hydrogen-bond donors (Lipinski definition) is 2. The summed E-state index contributed by atoms with van der Waals surface area (Å²) >= 11 is 0. The van der Waals surface area contributed by atoms with Gasteiger partial charge in [0, 0.05) is 6.61 Å². The first-order valence-corrected chi connectivity index (χ1v) is 6.84. The molecule has 1 saturated heterocycles. The standard InChI is InChI=1S/C15H17NO4/c17-13(15(7-8-15)14(18)19)16-11-6-9-20-12(11)10-4-2-1-3-5-10/h1-5,11-12H,6-9H2,(H,16,17)(H,18,19). The molecule has 1 heterocycles. The molecule has 1 aliphatic heterocycles. The summed E-state index contributed by atoms with van der Waals surface area (Å²) in [7, 11) is 0. The quantitative estimate of drug-likeness (QED) is 0.816. The summed E-state index contributed by atoms with van der Waals surface area (Å²) in [5.74, 6) is -1.40. The fourth-order valence-electron chi connectivity index (χ4n) is 2.68. The second-order valence-corrected chi connectivity index (χ2v) is 5.46.